The molecule has 2 amide bonds. The molecule has 0 saturated carbocycles. The van der Waals surface area contributed by atoms with Crippen LogP contribution in [0.5, 0.6) is 0 Å². The molecule has 1 aliphatic rings. The van der Waals surface area contributed by atoms with Gasteiger partial charge in [0, 0.05) is 6.54 Å². The topological polar surface area (TPSA) is 98.9 Å². The minimum absolute atomic E-state index is 0.129. The first kappa shape index (κ1) is 19.9. The molecule has 1 aromatic carbocycles. The van der Waals surface area contributed by atoms with Crippen LogP contribution in [0.25, 0.3) is 0 Å². The van der Waals surface area contributed by atoms with Crippen molar-refractivity contribution in [1.29, 1.82) is 0 Å². The third-order valence-electron chi connectivity index (χ3n) is 4.25. The van der Waals surface area contributed by atoms with E-state index in [0.29, 0.717) is 25.1 Å². The number of amides is 2. The Morgan fingerprint density at radius 1 is 1.19 bits per heavy atom. The van der Waals surface area contributed by atoms with Gasteiger partial charge in [-0.25, -0.2) is 4.79 Å². The molecular weight excluding hydrogens is 336 g/mol. The molecule has 7 heteroatoms. The number of carbonyl (C=O) groups is 3. The predicted octanol–water partition coefficient (Wildman–Crippen LogP) is 1.63. The zero-order valence-corrected chi connectivity index (χ0v) is 15.3. The maximum Gasteiger partial charge on any atom is 0.338 e. The zero-order chi connectivity index (χ0) is 19.1. The van der Waals surface area contributed by atoms with E-state index in [1.54, 1.807) is 24.3 Å². The Hall–Kier alpha value is -2.41. The maximum atomic E-state index is 12.3. The second-order valence-electron chi connectivity index (χ2n) is 6.63. The molecule has 2 rings (SSSR count). The third kappa shape index (κ3) is 5.56. The number of primary amides is 1. The number of nitrogens with two attached hydrogens (primary N) is 1. The number of piperidine rings is 1. The Kier molecular flexibility index (Phi) is 7.15. The average Bonchev–Trinajstić information content (AvgIpc) is 2.64. The summed E-state index contributed by atoms with van der Waals surface area (Å²) in [5.74, 6) is -1.50. The highest BCUT2D eigenvalue weighted by atomic mass is 16.5. The first-order valence-electron chi connectivity index (χ1n) is 8.85. The van der Waals surface area contributed by atoms with Crippen molar-refractivity contribution in [2.45, 2.75) is 51.9 Å². The van der Waals surface area contributed by atoms with Gasteiger partial charge >= 0.3 is 5.97 Å². The first-order valence-corrected chi connectivity index (χ1v) is 8.85. The number of benzene rings is 1. The van der Waals surface area contributed by atoms with Crippen LogP contribution in [0.2, 0.25) is 0 Å². The molecule has 26 heavy (non-hydrogen) atoms. The summed E-state index contributed by atoms with van der Waals surface area (Å²) < 4.78 is 10.6. The summed E-state index contributed by atoms with van der Waals surface area (Å²) in [6, 6.07) is 6.23. The van der Waals surface area contributed by atoms with Gasteiger partial charge in [-0.15, -0.1) is 0 Å². The van der Waals surface area contributed by atoms with E-state index in [0.717, 1.165) is 18.4 Å². The summed E-state index contributed by atoms with van der Waals surface area (Å²) in [6.45, 7) is 4.42. The number of hydrogen-bond acceptors (Lipinski definition) is 5. The Morgan fingerprint density at radius 3 is 2.50 bits per heavy atom. The number of esters is 1. The molecule has 0 unspecified atom stereocenters. The highest BCUT2D eigenvalue weighted by Gasteiger charge is 2.31. The molecule has 0 aromatic heterocycles. The van der Waals surface area contributed by atoms with Crippen LogP contribution in [0.15, 0.2) is 24.3 Å². The molecule has 0 spiro atoms. The molecule has 1 saturated heterocycles. The van der Waals surface area contributed by atoms with E-state index < -0.39 is 30.4 Å². The third-order valence-corrected chi connectivity index (χ3v) is 4.25. The number of nitrogens with zero attached hydrogens (tertiary/aromatic N) is 1. The van der Waals surface area contributed by atoms with Crippen LogP contribution >= 0.6 is 0 Å². The van der Waals surface area contributed by atoms with Gasteiger partial charge in [0.1, 0.15) is 6.04 Å². The van der Waals surface area contributed by atoms with Crippen molar-refractivity contribution >= 4 is 17.8 Å². The van der Waals surface area contributed by atoms with Gasteiger partial charge in [0.05, 0.1) is 18.3 Å². The lowest BCUT2D eigenvalue weighted by molar-refractivity contribution is -0.143. The maximum absolute atomic E-state index is 12.3. The van der Waals surface area contributed by atoms with Crippen molar-refractivity contribution in [3.8, 4) is 0 Å². The van der Waals surface area contributed by atoms with Gasteiger partial charge in [-0.2, -0.15) is 0 Å². The highest BCUT2D eigenvalue weighted by molar-refractivity contribution is 5.92. The fourth-order valence-corrected chi connectivity index (χ4v) is 2.82. The Morgan fingerprint density at radius 2 is 1.88 bits per heavy atom. The predicted molar refractivity (Wildman–Crippen MR) is 95.2 cm³/mol. The van der Waals surface area contributed by atoms with Crippen molar-refractivity contribution < 1.29 is 23.9 Å². The normalized spacial score (nSPS) is 17.2. The van der Waals surface area contributed by atoms with E-state index in [2.05, 4.69) is 0 Å². The molecule has 1 atom stereocenters. The molecule has 1 fully saturated rings. The molecule has 0 radical (unpaired) electrons. The molecule has 0 bridgehead atoms. The van der Waals surface area contributed by atoms with E-state index in [4.69, 9.17) is 15.2 Å². The van der Waals surface area contributed by atoms with Crippen molar-refractivity contribution in [2.75, 3.05) is 13.2 Å². The van der Waals surface area contributed by atoms with Crippen LogP contribution in [-0.2, 0) is 25.7 Å². The van der Waals surface area contributed by atoms with Gasteiger partial charge in [-0.05, 0) is 50.8 Å². The lowest BCUT2D eigenvalue weighted by atomic mass is 10.0. The van der Waals surface area contributed by atoms with Gasteiger partial charge in [0.25, 0.3) is 5.91 Å². The smallest absolute Gasteiger partial charge is 0.338 e. The van der Waals surface area contributed by atoms with E-state index in [1.807, 2.05) is 13.8 Å². The summed E-state index contributed by atoms with van der Waals surface area (Å²) in [4.78, 5) is 37.3. The summed E-state index contributed by atoms with van der Waals surface area (Å²) in [6.07, 6.45) is 2.34. The average molecular weight is 362 g/mol. The Balaban J connectivity index is 1.87. The van der Waals surface area contributed by atoms with Crippen LogP contribution in [0.4, 0.5) is 0 Å². The monoisotopic (exact) mass is 362 g/mol. The first-order chi connectivity index (χ1) is 12.4. The minimum Gasteiger partial charge on any atom is -0.452 e. The number of likely N-dealkylation sites (tertiary alicyclic amines) is 1. The Labute approximate surface area is 153 Å². The fraction of sp³-hybridized carbons (Fsp3) is 0.526. The Bertz CT molecular complexity index is 642. The van der Waals surface area contributed by atoms with E-state index in [9.17, 15) is 14.4 Å². The molecule has 7 nitrogen and oxygen atoms in total. The number of rotatable bonds is 7. The van der Waals surface area contributed by atoms with Gasteiger partial charge in [0.15, 0.2) is 6.61 Å². The van der Waals surface area contributed by atoms with Crippen molar-refractivity contribution in [3.63, 3.8) is 0 Å². The molecule has 142 valence electrons. The molecule has 2 N–H and O–H groups in total. The minimum atomic E-state index is -0.616. The number of carbonyl (C=O) groups excluding carboxylic acids is 3. The van der Waals surface area contributed by atoms with Gasteiger partial charge in [-0.3, -0.25) is 9.59 Å². The van der Waals surface area contributed by atoms with Crippen LogP contribution < -0.4 is 5.73 Å². The molecular formula is C19H26N2O5. The summed E-state index contributed by atoms with van der Waals surface area (Å²) in [7, 11) is 0. The van der Waals surface area contributed by atoms with Crippen LogP contribution in [0, 0.1) is 0 Å². The second-order valence-corrected chi connectivity index (χ2v) is 6.63. The standard InChI is InChI=1S/C19H26N2O5/c1-13(2)25-11-14-6-8-15(9-7-14)19(24)26-12-17(22)21-10-4-3-5-16(21)18(20)23/h6-9,13,16H,3-5,10-12H2,1-2H3,(H2,20,23)/t16-/m1/s1. The lowest BCUT2D eigenvalue weighted by Gasteiger charge is -2.33. The van der Waals surface area contributed by atoms with Crippen LogP contribution in [0.3, 0.4) is 0 Å². The second kappa shape index (κ2) is 9.33. The fourth-order valence-electron chi connectivity index (χ4n) is 2.82. The summed E-state index contributed by atoms with van der Waals surface area (Å²) in [5, 5.41) is 0. The number of hydrogen-bond donors (Lipinski definition) is 1. The van der Waals surface area contributed by atoms with E-state index in [-0.39, 0.29) is 6.10 Å². The van der Waals surface area contributed by atoms with Gasteiger partial charge in [0.2, 0.25) is 5.91 Å². The largest absolute Gasteiger partial charge is 0.452 e. The van der Waals surface area contributed by atoms with Crippen molar-refractivity contribution in [3.05, 3.63) is 35.4 Å². The van der Waals surface area contributed by atoms with Crippen molar-refractivity contribution in [1.82, 2.24) is 4.90 Å². The molecule has 1 aromatic rings. The summed E-state index contributed by atoms with van der Waals surface area (Å²) >= 11 is 0. The highest BCUT2D eigenvalue weighted by Crippen LogP contribution is 2.17. The lowest BCUT2D eigenvalue weighted by Crippen LogP contribution is -2.51. The summed E-state index contributed by atoms with van der Waals surface area (Å²) in [5.41, 5.74) is 6.65. The number of ether oxygens (including phenoxy) is 2. The van der Waals surface area contributed by atoms with Crippen LogP contribution in [0.1, 0.15) is 49.0 Å². The molecule has 0 aliphatic carbocycles. The van der Waals surface area contributed by atoms with E-state index >= 15 is 0 Å². The SMILES string of the molecule is CC(C)OCc1ccc(C(=O)OCC(=O)N2CCCC[C@@H]2C(N)=O)cc1. The van der Waals surface area contributed by atoms with Gasteiger partial charge < -0.3 is 20.1 Å². The van der Waals surface area contributed by atoms with Gasteiger partial charge in [-0.1, -0.05) is 12.1 Å². The zero-order valence-electron chi connectivity index (χ0n) is 15.3. The molecule has 1 aliphatic heterocycles. The van der Waals surface area contributed by atoms with Crippen molar-refractivity contribution in [2.24, 2.45) is 5.73 Å². The van der Waals surface area contributed by atoms with Crippen LogP contribution in [-0.4, -0.2) is 48.0 Å². The quantitative estimate of drug-likeness (QED) is 0.743. The van der Waals surface area contributed by atoms with E-state index in [1.165, 1.54) is 4.90 Å². The molecule has 1 heterocycles.